The van der Waals surface area contributed by atoms with E-state index >= 15 is 0 Å². The number of carbonyl (C=O) groups is 2. The molecule has 0 aliphatic rings. The van der Waals surface area contributed by atoms with E-state index in [1.54, 1.807) is 13.8 Å². The number of hydrogen-bond acceptors (Lipinski definition) is 3. The van der Waals surface area contributed by atoms with Crippen LogP contribution in [0.15, 0.2) is 24.3 Å². The fourth-order valence-corrected chi connectivity index (χ4v) is 0.956. The fourth-order valence-electron chi connectivity index (χ4n) is 0.956. The Balaban J connectivity index is 3.48. The van der Waals surface area contributed by atoms with Crippen LogP contribution in [0.1, 0.15) is 26.7 Å². The molecule has 15 heavy (non-hydrogen) atoms. The zero-order chi connectivity index (χ0) is 11.8. The van der Waals surface area contributed by atoms with E-state index in [4.69, 9.17) is 0 Å². The summed E-state index contributed by atoms with van der Waals surface area (Å²) in [5.41, 5.74) is 1.16. The maximum Gasteiger partial charge on any atom is 0.159 e. The summed E-state index contributed by atoms with van der Waals surface area (Å²) in [4.78, 5) is 22.3. The molecular weight excluding hydrogens is 190 g/mol. The molecule has 0 unspecified atom stereocenters. The third-order valence-corrected chi connectivity index (χ3v) is 2.01. The van der Waals surface area contributed by atoms with Crippen LogP contribution in [0.4, 0.5) is 0 Å². The summed E-state index contributed by atoms with van der Waals surface area (Å²) in [5, 5.41) is 3.03. The predicted octanol–water partition coefficient (Wildman–Crippen LogP) is 1.65. The van der Waals surface area contributed by atoms with Gasteiger partial charge in [0.1, 0.15) is 0 Å². The highest BCUT2D eigenvalue weighted by Gasteiger charge is 2.03. The molecule has 84 valence electrons. The number of Topliss-reactive ketones (excluding diaryl/α,β-unsaturated/α-hetero) is 2. The second kappa shape index (κ2) is 7.12. The summed E-state index contributed by atoms with van der Waals surface area (Å²) >= 11 is 0. The van der Waals surface area contributed by atoms with Gasteiger partial charge in [-0.3, -0.25) is 9.59 Å². The highest BCUT2D eigenvalue weighted by atomic mass is 16.1. The second-order valence-electron chi connectivity index (χ2n) is 3.66. The van der Waals surface area contributed by atoms with E-state index in [-0.39, 0.29) is 11.6 Å². The van der Waals surface area contributed by atoms with Gasteiger partial charge in [0.05, 0.1) is 0 Å². The molecule has 3 nitrogen and oxygen atoms in total. The van der Waals surface area contributed by atoms with Crippen LogP contribution >= 0.6 is 0 Å². The van der Waals surface area contributed by atoms with Gasteiger partial charge in [-0.25, -0.2) is 0 Å². The number of ketones is 2. The van der Waals surface area contributed by atoms with Crippen molar-refractivity contribution in [2.75, 3.05) is 13.1 Å². The Morgan fingerprint density at radius 3 is 1.53 bits per heavy atom. The van der Waals surface area contributed by atoms with E-state index in [9.17, 15) is 9.59 Å². The largest absolute Gasteiger partial charge is 0.316 e. The van der Waals surface area contributed by atoms with Crippen LogP contribution in [0, 0.1) is 0 Å². The highest BCUT2D eigenvalue weighted by molar-refractivity contribution is 5.94. The van der Waals surface area contributed by atoms with E-state index in [2.05, 4.69) is 18.5 Å². The molecule has 0 aromatic carbocycles. The monoisotopic (exact) mass is 209 g/mol. The minimum absolute atomic E-state index is 0.0636. The Morgan fingerprint density at radius 1 is 0.933 bits per heavy atom. The topological polar surface area (TPSA) is 46.2 Å². The summed E-state index contributed by atoms with van der Waals surface area (Å²) in [6, 6.07) is 0. The Labute approximate surface area is 91.2 Å². The maximum absolute atomic E-state index is 11.1. The van der Waals surface area contributed by atoms with Crippen molar-refractivity contribution in [2.45, 2.75) is 26.7 Å². The number of carbonyl (C=O) groups excluding carboxylic acids is 2. The first-order chi connectivity index (χ1) is 6.95. The number of rotatable bonds is 8. The molecular formula is C12H19NO2. The van der Waals surface area contributed by atoms with Gasteiger partial charge >= 0.3 is 0 Å². The van der Waals surface area contributed by atoms with Crippen LogP contribution in [-0.4, -0.2) is 24.7 Å². The molecule has 1 N–H and O–H groups in total. The van der Waals surface area contributed by atoms with Crippen LogP contribution in [0.3, 0.4) is 0 Å². The molecule has 0 radical (unpaired) electrons. The molecule has 0 aliphatic carbocycles. The second-order valence-corrected chi connectivity index (χ2v) is 3.66. The van der Waals surface area contributed by atoms with Crippen molar-refractivity contribution in [1.29, 1.82) is 0 Å². The van der Waals surface area contributed by atoms with Crippen LogP contribution in [-0.2, 0) is 9.59 Å². The van der Waals surface area contributed by atoms with Gasteiger partial charge in [0.25, 0.3) is 0 Å². The van der Waals surface area contributed by atoms with Gasteiger partial charge in [-0.1, -0.05) is 13.2 Å². The highest BCUT2D eigenvalue weighted by Crippen LogP contribution is 1.95. The summed E-state index contributed by atoms with van der Waals surface area (Å²) < 4.78 is 0. The van der Waals surface area contributed by atoms with Crippen LogP contribution in [0.5, 0.6) is 0 Å². The van der Waals surface area contributed by atoms with E-state index in [1.807, 2.05) is 0 Å². The molecule has 0 spiro atoms. The van der Waals surface area contributed by atoms with Crippen molar-refractivity contribution in [3.05, 3.63) is 24.3 Å². The van der Waals surface area contributed by atoms with Crippen molar-refractivity contribution in [1.82, 2.24) is 5.32 Å². The Hall–Kier alpha value is -1.22. The molecule has 0 bridgehead atoms. The zero-order valence-electron chi connectivity index (χ0n) is 9.56. The van der Waals surface area contributed by atoms with Gasteiger partial charge < -0.3 is 5.32 Å². The smallest absolute Gasteiger partial charge is 0.159 e. The summed E-state index contributed by atoms with van der Waals surface area (Å²) in [6.45, 7) is 11.7. The van der Waals surface area contributed by atoms with Gasteiger partial charge in [0, 0.05) is 25.9 Å². The van der Waals surface area contributed by atoms with Crippen LogP contribution in [0.25, 0.3) is 0 Å². The molecule has 0 heterocycles. The van der Waals surface area contributed by atoms with Crippen LogP contribution in [0.2, 0.25) is 0 Å². The van der Waals surface area contributed by atoms with Gasteiger partial charge in [0.2, 0.25) is 0 Å². The van der Waals surface area contributed by atoms with Crippen LogP contribution < -0.4 is 5.32 Å². The van der Waals surface area contributed by atoms with E-state index in [0.717, 1.165) is 0 Å². The Kier molecular flexibility index (Phi) is 6.54. The van der Waals surface area contributed by atoms with Crippen molar-refractivity contribution in [3.63, 3.8) is 0 Å². The first kappa shape index (κ1) is 13.8. The quantitative estimate of drug-likeness (QED) is 0.488. The lowest BCUT2D eigenvalue weighted by atomic mass is 10.1. The molecule has 0 saturated heterocycles. The minimum atomic E-state index is 0.0636. The first-order valence-electron chi connectivity index (χ1n) is 5.03. The summed E-state index contributed by atoms with van der Waals surface area (Å²) in [5.74, 6) is 0.127. The molecule has 0 atom stereocenters. The standard InChI is InChI=1S/C12H19NO2/c1-9(2)11(14)5-7-13-8-6-12(15)10(3)4/h13H,1,3,5-8H2,2,4H3. The SMILES string of the molecule is C=C(C)C(=O)CCNCCC(=O)C(=C)C. The average molecular weight is 209 g/mol. The first-order valence-corrected chi connectivity index (χ1v) is 5.03. The average Bonchev–Trinajstić information content (AvgIpc) is 2.16. The van der Waals surface area contributed by atoms with E-state index in [1.165, 1.54) is 0 Å². The van der Waals surface area contributed by atoms with E-state index < -0.39 is 0 Å². The molecule has 3 heteroatoms. The van der Waals surface area contributed by atoms with Gasteiger partial charge in [0.15, 0.2) is 11.6 Å². The zero-order valence-corrected chi connectivity index (χ0v) is 9.56. The molecule has 0 aliphatic heterocycles. The minimum Gasteiger partial charge on any atom is -0.316 e. The third-order valence-electron chi connectivity index (χ3n) is 2.01. The molecule has 0 fully saturated rings. The lowest BCUT2D eigenvalue weighted by Crippen LogP contribution is -2.21. The normalized spacial score (nSPS) is 9.73. The Morgan fingerprint density at radius 2 is 1.27 bits per heavy atom. The van der Waals surface area contributed by atoms with Crippen molar-refractivity contribution in [3.8, 4) is 0 Å². The Bertz CT molecular complexity index is 251. The molecule has 0 aromatic rings. The fraction of sp³-hybridized carbons (Fsp3) is 0.500. The number of nitrogens with one attached hydrogen (secondary N) is 1. The lowest BCUT2D eigenvalue weighted by Gasteiger charge is -2.03. The summed E-state index contributed by atoms with van der Waals surface area (Å²) in [7, 11) is 0. The number of allylic oxidation sites excluding steroid dienone is 2. The molecule has 0 amide bonds. The lowest BCUT2D eigenvalue weighted by molar-refractivity contribution is -0.115. The van der Waals surface area contributed by atoms with Gasteiger partial charge in [-0.2, -0.15) is 0 Å². The number of hydrogen-bond donors (Lipinski definition) is 1. The molecule has 0 rings (SSSR count). The van der Waals surface area contributed by atoms with Crippen molar-refractivity contribution >= 4 is 11.6 Å². The third kappa shape index (κ3) is 6.80. The van der Waals surface area contributed by atoms with Crippen molar-refractivity contribution in [2.24, 2.45) is 0 Å². The van der Waals surface area contributed by atoms with Gasteiger partial charge in [-0.05, 0) is 25.0 Å². The predicted molar refractivity (Wildman–Crippen MR) is 61.7 cm³/mol. The maximum atomic E-state index is 11.1. The molecule has 0 aromatic heterocycles. The van der Waals surface area contributed by atoms with Gasteiger partial charge in [-0.15, -0.1) is 0 Å². The molecule has 0 saturated carbocycles. The van der Waals surface area contributed by atoms with E-state index in [0.29, 0.717) is 37.1 Å². The van der Waals surface area contributed by atoms with Crippen molar-refractivity contribution < 1.29 is 9.59 Å². The summed E-state index contributed by atoms with van der Waals surface area (Å²) in [6.07, 6.45) is 0.882.